The summed E-state index contributed by atoms with van der Waals surface area (Å²) in [4.78, 5) is 21.5. The number of piperazine rings is 1. The molecule has 2 atom stereocenters. The number of anilines is 2. The molecule has 138 valence electrons. The summed E-state index contributed by atoms with van der Waals surface area (Å²) in [6, 6.07) is 13.1. The molecule has 3 rings (SSSR count). The molecule has 0 saturated carbocycles. The summed E-state index contributed by atoms with van der Waals surface area (Å²) in [7, 11) is 0. The van der Waals surface area contributed by atoms with Crippen LogP contribution in [-0.2, 0) is 4.79 Å². The highest BCUT2D eigenvalue weighted by Gasteiger charge is 2.26. The van der Waals surface area contributed by atoms with E-state index >= 15 is 0 Å². The van der Waals surface area contributed by atoms with Gasteiger partial charge in [-0.05, 0) is 32.0 Å². The number of para-hydroxylation sites is 1. The first kappa shape index (κ1) is 18.4. The van der Waals surface area contributed by atoms with Crippen molar-refractivity contribution in [1.82, 2.24) is 9.88 Å². The number of aliphatic hydroxyl groups is 1. The third kappa shape index (κ3) is 4.20. The van der Waals surface area contributed by atoms with Crippen molar-refractivity contribution in [1.29, 1.82) is 0 Å². The van der Waals surface area contributed by atoms with Crippen molar-refractivity contribution in [3.63, 3.8) is 0 Å². The number of hydrogen-bond acceptors (Lipinski definition) is 5. The Morgan fingerprint density at radius 2 is 1.77 bits per heavy atom. The first-order valence-electron chi connectivity index (χ1n) is 9.04. The number of hydrogen-bond donors (Lipinski definition) is 2. The van der Waals surface area contributed by atoms with E-state index in [1.165, 1.54) is 0 Å². The van der Waals surface area contributed by atoms with Crippen LogP contribution in [0.4, 0.5) is 11.5 Å². The molecule has 1 saturated heterocycles. The fourth-order valence-electron chi connectivity index (χ4n) is 3.26. The van der Waals surface area contributed by atoms with E-state index in [4.69, 9.17) is 0 Å². The van der Waals surface area contributed by atoms with Crippen molar-refractivity contribution >= 4 is 17.4 Å². The van der Waals surface area contributed by atoms with Gasteiger partial charge in [0.1, 0.15) is 5.82 Å². The van der Waals surface area contributed by atoms with Crippen LogP contribution in [0.25, 0.3) is 0 Å². The molecule has 1 aromatic heterocycles. The van der Waals surface area contributed by atoms with E-state index < -0.39 is 6.10 Å². The smallest absolute Gasteiger partial charge is 0.241 e. The zero-order chi connectivity index (χ0) is 18.5. The van der Waals surface area contributed by atoms with Crippen LogP contribution in [0.15, 0.2) is 48.7 Å². The predicted molar refractivity (Wildman–Crippen MR) is 103 cm³/mol. The third-order valence-corrected chi connectivity index (χ3v) is 4.88. The van der Waals surface area contributed by atoms with Gasteiger partial charge in [0.15, 0.2) is 0 Å². The molecule has 0 unspecified atom stereocenters. The Labute approximate surface area is 154 Å². The summed E-state index contributed by atoms with van der Waals surface area (Å²) in [6.07, 6.45) is 1.18. The second kappa shape index (κ2) is 8.29. The molecule has 0 aliphatic carbocycles. The first-order valence-corrected chi connectivity index (χ1v) is 9.04. The number of rotatable bonds is 5. The number of pyridine rings is 1. The lowest BCUT2D eigenvalue weighted by atomic mass is 10.1. The van der Waals surface area contributed by atoms with E-state index in [2.05, 4.69) is 20.1 Å². The second-order valence-corrected chi connectivity index (χ2v) is 6.64. The SMILES string of the molecule is C[C@H](O)c1ccccc1NC(=O)[C@@H](C)N1CCN(c2ccccn2)CC1. The van der Waals surface area contributed by atoms with Crippen molar-refractivity contribution in [3.8, 4) is 0 Å². The van der Waals surface area contributed by atoms with Crippen molar-refractivity contribution in [3.05, 3.63) is 54.2 Å². The molecule has 1 amide bonds. The molecule has 2 heterocycles. The number of aromatic nitrogens is 1. The summed E-state index contributed by atoms with van der Waals surface area (Å²) < 4.78 is 0. The summed E-state index contributed by atoms with van der Waals surface area (Å²) in [6.45, 7) is 6.94. The molecule has 1 aliphatic heterocycles. The molecule has 1 aliphatic rings. The highest BCUT2D eigenvalue weighted by atomic mass is 16.3. The Kier molecular flexibility index (Phi) is 5.85. The number of carbonyl (C=O) groups is 1. The monoisotopic (exact) mass is 354 g/mol. The second-order valence-electron chi connectivity index (χ2n) is 6.64. The zero-order valence-corrected chi connectivity index (χ0v) is 15.3. The van der Waals surface area contributed by atoms with Crippen LogP contribution in [0.5, 0.6) is 0 Å². The molecule has 26 heavy (non-hydrogen) atoms. The van der Waals surface area contributed by atoms with Gasteiger partial charge in [-0.3, -0.25) is 9.69 Å². The van der Waals surface area contributed by atoms with Gasteiger partial charge in [0.2, 0.25) is 5.91 Å². The number of aliphatic hydroxyl groups excluding tert-OH is 1. The third-order valence-electron chi connectivity index (χ3n) is 4.88. The molecule has 0 radical (unpaired) electrons. The fraction of sp³-hybridized carbons (Fsp3) is 0.400. The highest BCUT2D eigenvalue weighted by molar-refractivity contribution is 5.95. The highest BCUT2D eigenvalue weighted by Crippen LogP contribution is 2.23. The molecule has 1 aromatic carbocycles. The Bertz CT molecular complexity index is 728. The topological polar surface area (TPSA) is 68.7 Å². The number of nitrogens with one attached hydrogen (secondary N) is 1. The molecule has 1 fully saturated rings. The average Bonchev–Trinajstić information content (AvgIpc) is 2.68. The summed E-state index contributed by atoms with van der Waals surface area (Å²) in [5.74, 6) is 0.930. The van der Waals surface area contributed by atoms with E-state index in [0.717, 1.165) is 37.6 Å². The molecule has 2 aromatic rings. The van der Waals surface area contributed by atoms with Gasteiger partial charge in [-0.2, -0.15) is 0 Å². The van der Waals surface area contributed by atoms with Gasteiger partial charge >= 0.3 is 0 Å². The minimum atomic E-state index is -0.622. The van der Waals surface area contributed by atoms with E-state index in [-0.39, 0.29) is 11.9 Å². The van der Waals surface area contributed by atoms with Crippen molar-refractivity contribution < 1.29 is 9.90 Å². The van der Waals surface area contributed by atoms with E-state index in [9.17, 15) is 9.90 Å². The molecular weight excluding hydrogens is 328 g/mol. The Morgan fingerprint density at radius 3 is 2.42 bits per heavy atom. The predicted octanol–water partition coefficient (Wildman–Crippen LogP) is 2.28. The summed E-state index contributed by atoms with van der Waals surface area (Å²) in [5, 5.41) is 12.8. The van der Waals surface area contributed by atoms with E-state index in [1.807, 2.05) is 49.4 Å². The number of carbonyl (C=O) groups excluding carboxylic acids is 1. The van der Waals surface area contributed by atoms with Gasteiger partial charge in [-0.25, -0.2) is 4.98 Å². The quantitative estimate of drug-likeness (QED) is 0.862. The number of nitrogens with zero attached hydrogens (tertiary/aromatic N) is 3. The van der Waals surface area contributed by atoms with E-state index in [0.29, 0.717) is 5.69 Å². The van der Waals surface area contributed by atoms with Gasteiger partial charge in [-0.1, -0.05) is 24.3 Å². The normalized spacial score (nSPS) is 17.6. The van der Waals surface area contributed by atoms with Crippen LogP contribution < -0.4 is 10.2 Å². The van der Waals surface area contributed by atoms with Gasteiger partial charge in [0.05, 0.1) is 12.1 Å². The van der Waals surface area contributed by atoms with Crippen LogP contribution in [0.3, 0.4) is 0 Å². The van der Waals surface area contributed by atoms with Crippen LogP contribution in [-0.4, -0.2) is 53.1 Å². The van der Waals surface area contributed by atoms with Gasteiger partial charge in [-0.15, -0.1) is 0 Å². The zero-order valence-electron chi connectivity index (χ0n) is 15.3. The maximum atomic E-state index is 12.7. The lowest BCUT2D eigenvalue weighted by Gasteiger charge is -2.38. The molecule has 2 N–H and O–H groups in total. The van der Waals surface area contributed by atoms with Gasteiger partial charge in [0, 0.05) is 43.6 Å². The van der Waals surface area contributed by atoms with Gasteiger partial charge in [0.25, 0.3) is 0 Å². The van der Waals surface area contributed by atoms with Crippen LogP contribution >= 0.6 is 0 Å². The molecule has 6 heteroatoms. The minimum absolute atomic E-state index is 0.0515. The Hall–Kier alpha value is -2.44. The maximum Gasteiger partial charge on any atom is 0.241 e. The van der Waals surface area contributed by atoms with Crippen molar-refractivity contribution in [2.24, 2.45) is 0 Å². The molecule has 6 nitrogen and oxygen atoms in total. The largest absolute Gasteiger partial charge is 0.389 e. The maximum absolute atomic E-state index is 12.7. The molecule has 0 spiro atoms. The number of benzene rings is 1. The van der Waals surface area contributed by atoms with Crippen LogP contribution in [0, 0.1) is 0 Å². The summed E-state index contributed by atoms with van der Waals surface area (Å²) >= 11 is 0. The van der Waals surface area contributed by atoms with E-state index in [1.54, 1.807) is 13.1 Å². The van der Waals surface area contributed by atoms with Crippen LogP contribution in [0.2, 0.25) is 0 Å². The Balaban J connectivity index is 1.58. The summed E-state index contributed by atoms with van der Waals surface area (Å²) in [5.41, 5.74) is 1.40. The Morgan fingerprint density at radius 1 is 1.08 bits per heavy atom. The average molecular weight is 354 g/mol. The minimum Gasteiger partial charge on any atom is -0.389 e. The van der Waals surface area contributed by atoms with Crippen LogP contribution in [0.1, 0.15) is 25.5 Å². The lowest BCUT2D eigenvalue weighted by Crippen LogP contribution is -2.53. The fourth-order valence-corrected chi connectivity index (χ4v) is 3.26. The number of amides is 1. The van der Waals surface area contributed by atoms with Crippen molar-refractivity contribution in [2.45, 2.75) is 26.0 Å². The van der Waals surface area contributed by atoms with Gasteiger partial charge < -0.3 is 15.3 Å². The van der Waals surface area contributed by atoms with Crippen molar-refractivity contribution in [2.75, 3.05) is 36.4 Å². The molecule has 0 bridgehead atoms. The first-order chi connectivity index (χ1) is 12.6. The standard InChI is InChI=1S/C20H26N4O2/c1-15(20(26)22-18-8-4-3-7-17(18)16(2)25)23-11-13-24(14-12-23)19-9-5-6-10-21-19/h3-10,15-16,25H,11-14H2,1-2H3,(H,22,26)/t15-,16+/m1/s1. The lowest BCUT2D eigenvalue weighted by molar-refractivity contribution is -0.120. The molecular formula is C20H26N4O2.